The molecule has 1 aromatic carbocycles. The van der Waals surface area contributed by atoms with E-state index in [2.05, 4.69) is 16.9 Å². The summed E-state index contributed by atoms with van der Waals surface area (Å²) in [5.41, 5.74) is 1.78. The van der Waals surface area contributed by atoms with Gasteiger partial charge < -0.3 is 4.98 Å². The second kappa shape index (κ2) is 6.31. The smallest absolute Gasteiger partial charge is 0.238 e. The van der Waals surface area contributed by atoms with Crippen molar-refractivity contribution in [3.05, 3.63) is 59.9 Å². The molecule has 0 fully saturated rings. The molecule has 20 heavy (non-hydrogen) atoms. The molecule has 0 aliphatic rings. The van der Waals surface area contributed by atoms with Crippen LogP contribution in [0.25, 0.3) is 0 Å². The summed E-state index contributed by atoms with van der Waals surface area (Å²) in [6.07, 6.45) is 3.58. The monoisotopic (exact) mass is 288 g/mol. The van der Waals surface area contributed by atoms with E-state index in [1.807, 2.05) is 48.7 Å². The van der Waals surface area contributed by atoms with Gasteiger partial charge in [0.05, 0.1) is 6.26 Å². The quantitative estimate of drug-likeness (QED) is 0.689. The molecule has 0 atom stereocenters. The zero-order chi connectivity index (χ0) is 14.4. The number of H-pyrrole nitrogens is 1. The van der Waals surface area contributed by atoms with Gasteiger partial charge in [0.1, 0.15) is 0 Å². The van der Waals surface area contributed by atoms with E-state index in [-0.39, 0.29) is 0 Å². The summed E-state index contributed by atoms with van der Waals surface area (Å²) in [7, 11) is -3.34. The Morgan fingerprint density at radius 2 is 1.90 bits per heavy atom. The van der Waals surface area contributed by atoms with Gasteiger partial charge in [-0.05, 0) is 30.2 Å². The number of hydrogen-bond donors (Lipinski definition) is 1. The zero-order valence-electron chi connectivity index (χ0n) is 11.2. The van der Waals surface area contributed by atoms with Crippen LogP contribution < -0.4 is 0 Å². The lowest BCUT2D eigenvalue weighted by Crippen LogP contribution is -2.27. The van der Waals surface area contributed by atoms with E-state index in [4.69, 9.17) is 0 Å². The minimum atomic E-state index is -3.34. The molecular weight excluding hydrogens is 272 g/mol. The molecule has 4 nitrogen and oxygen atoms in total. The van der Waals surface area contributed by atoms with E-state index < -0.39 is 10.0 Å². The number of nitrogens with one attached hydrogen (secondary N) is 1. The van der Waals surface area contributed by atoms with Gasteiger partial charge in [0, 0.05) is 36.5 Å². The summed E-state index contributed by atoms with van der Waals surface area (Å²) in [6.45, 7) is 0.333. The number of aromatic nitrogens is 1. The van der Waals surface area contributed by atoms with Crippen LogP contribution in [0.15, 0.2) is 48.7 Å². The molecule has 0 amide bonds. The Labute approximate surface area is 119 Å². The fourth-order valence-corrected chi connectivity index (χ4v) is 2.33. The molecule has 104 valence electrons. The molecule has 0 radical (unpaired) electrons. The minimum Gasteiger partial charge on any atom is -0.365 e. The van der Waals surface area contributed by atoms with Crippen LogP contribution in [-0.4, -0.2) is 30.5 Å². The summed E-state index contributed by atoms with van der Waals surface area (Å²) in [5.74, 6) is 2.87. The van der Waals surface area contributed by atoms with Crippen molar-refractivity contribution in [1.82, 2.24) is 9.29 Å². The standard InChI is InChI=1S/C15H16N2O2S/c1-20(18,19)17(13-10-15-8-5-11-16-15)12-9-14-6-3-2-4-7-14/h2-8,11,16H,10,13H2,1H3. The van der Waals surface area contributed by atoms with Crippen LogP contribution in [0.3, 0.4) is 0 Å². The maximum atomic E-state index is 11.7. The Morgan fingerprint density at radius 3 is 2.50 bits per heavy atom. The van der Waals surface area contributed by atoms with E-state index in [1.54, 1.807) is 0 Å². The van der Waals surface area contributed by atoms with Crippen LogP contribution in [0.4, 0.5) is 0 Å². The molecule has 0 aliphatic carbocycles. The largest absolute Gasteiger partial charge is 0.365 e. The molecule has 0 saturated carbocycles. The highest BCUT2D eigenvalue weighted by Crippen LogP contribution is 2.03. The van der Waals surface area contributed by atoms with E-state index in [1.165, 1.54) is 10.6 Å². The summed E-state index contributed by atoms with van der Waals surface area (Å²) in [5, 5.41) is 0. The predicted molar refractivity (Wildman–Crippen MR) is 79.4 cm³/mol. The van der Waals surface area contributed by atoms with Gasteiger partial charge in [-0.25, -0.2) is 12.7 Å². The van der Waals surface area contributed by atoms with Gasteiger partial charge in [-0.1, -0.05) is 18.2 Å². The molecule has 1 aromatic heterocycles. The van der Waals surface area contributed by atoms with Gasteiger partial charge in [0.2, 0.25) is 10.0 Å². The first kappa shape index (κ1) is 14.2. The number of nitrogens with zero attached hydrogens (tertiary/aromatic N) is 1. The van der Waals surface area contributed by atoms with E-state index >= 15 is 0 Å². The van der Waals surface area contributed by atoms with Crippen molar-refractivity contribution in [2.75, 3.05) is 12.8 Å². The summed E-state index contributed by atoms with van der Waals surface area (Å²) >= 11 is 0. The zero-order valence-corrected chi connectivity index (χ0v) is 12.0. The van der Waals surface area contributed by atoms with Crippen molar-refractivity contribution >= 4 is 10.0 Å². The SMILES string of the molecule is CS(=O)(=O)N(C#Cc1ccccc1)CCc1ccc[nH]1. The van der Waals surface area contributed by atoms with Gasteiger partial charge in [-0.2, -0.15) is 0 Å². The van der Waals surface area contributed by atoms with Gasteiger partial charge in [0.25, 0.3) is 0 Å². The van der Waals surface area contributed by atoms with Crippen LogP contribution >= 0.6 is 0 Å². The Hall–Kier alpha value is -2.19. The van der Waals surface area contributed by atoms with Crippen molar-refractivity contribution in [1.29, 1.82) is 0 Å². The van der Waals surface area contributed by atoms with E-state index in [0.29, 0.717) is 13.0 Å². The third-order valence-electron chi connectivity index (χ3n) is 2.75. The number of hydrogen-bond acceptors (Lipinski definition) is 2. The van der Waals surface area contributed by atoms with Gasteiger partial charge in [-0.15, -0.1) is 0 Å². The normalized spacial score (nSPS) is 10.7. The average molecular weight is 288 g/mol. The van der Waals surface area contributed by atoms with Crippen LogP contribution in [0.2, 0.25) is 0 Å². The van der Waals surface area contributed by atoms with Crippen molar-refractivity contribution in [2.24, 2.45) is 0 Å². The third kappa shape index (κ3) is 4.18. The molecule has 0 bridgehead atoms. The second-order valence-electron chi connectivity index (χ2n) is 4.38. The molecular formula is C15H16N2O2S. The lowest BCUT2D eigenvalue weighted by Gasteiger charge is -2.14. The van der Waals surface area contributed by atoms with Crippen molar-refractivity contribution in [3.8, 4) is 12.0 Å². The highest BCUT2D eigenvalue weighted by molar-refractivity contribution is 7.88. The molecule has 0 spiro atoms. The van der Waals surface area contributed by atoms with Gasteiger partial charge >= 0.3 is 0 Å². The summed E-state index contributed by atoms with van der Waals surface area (Å²) in [4.78, 5) is 3.05. The van der Waals surface area contributed by atoms with Gasteiger partial charge in [0.15, 0.2) is 0 Å². The molecule has 0 aliphatic heterocycles. The third-order valence-corrected chi connectivity index (χ3v) is 3.82. The molecule has 2 aromatic rings. The molecule has 5 heteroatoms. The maximum Gasteiger partial charge on any atom is 0.238 e. The average Bonchev–Trinajstić information content (AvgIpc) is 2.91. The minimum absolute atomic E-state index is 0.333. The van der Waals surface area contributed by atoms with Crippen molar-refractivity contribution < 1.29 is 8.42 Å². The highest BCUT2D eigenvalue weighted by Gasteiger charge is 2.12. The van der Waals surface area contributed by atoms with Crippen LogP contribution in [0, 0.1) is 12.0 Å². The number of sulfonamides is 1. The van der Waals surface area contributed by atoms with E-state index in [9.17, 15) is 8.42 Å². The van der Waals surface area contributed by atoms with Gasteiger partial charge in [-0.3, -0.25) is 0 Å². The fourth-order valence-electron chi connectivity index (χ4n) is 1.70. The Bertz CT molecular complexity index is 695. The molecule has 0 saturated heterocycles. The fraction of sp³-hybridized carbons (Fsp3) is 0.200. The van der Waals surface area contributed by atoms with Crippen LogP contribution in [0.1, 0.15) is 11.3 Å². The highest BCUT2D eigenvalue weighted by atomic mass is 32.2. The first-order valence-electron chi connectivity index (χ1n) is 6.22. The number of rotatable bonds is 4. The maximum absolute atomic E-state index is 11.7. The first-order valence-corrected chi connectivity index (χ1v) is 8.07. The van der Waals surface area contributed by atoms with E-state index in [0.717, 1.165) is 11.3 Å². The topological polar surface area (TPSA) is 53.2 Å². The molecule has 1 heterocycles. The Kier molecular flexibility index (Phi) is 4.49. The second-order valence-corrected chi connectivity index (χ2v) is 6.29. The number of aromatic amines is 1. The number of benzene rings is 1. The summed E-state index contributed by atoms with van der Waals surface area (Å²) in [6, 6.07) is 15.8. The van der Waals surface area contributed by atoms with Crippen molar-refractivity contribution in [2.45, 2.75) is 6.42 Å². The predicted octanol–water partition coefficient (Wildman–Crippen LogP) is 1.83. The molecule has 1 N–H and O–H groups in total. The van der Waals surface area contributed by atoms with Crippen LogP contribution in [0.5, 0.6) is 0 Å². The summed E-state index contributed by atoms with van der Waals surface area (Å²) < 4.78 is 24.6. The lowest BCUT2D eigenvalue weighted by molar-refractivity contribution is 0.517. The molecule has 0 unspecified atom stereocenters. The first-order chi connectivity index (χ1) is 9.55. The Balaban J connectivity index is 2.11. The Morgan fingerprint density at radius 1 is 1.15 bits per heavy atom. The molecule has 2 rings (SSSR count). The lowest BCUT2D eigenvalue weighted by atomic mass is 10.2. The van der Waals surface area contributed by atoms with Crippen LogP contribution in [-0.2, 0) is 16.4 Å². The van der Waals surface area contributed by atoms with Crippen molar-refractivity contribution in [3.63, 3.8) is 0 Å².